The molecule has 16 heavy (non-hydrogen) atoms. The van der Waals surface area contributed by atoms with E-state index in [4.69, 9.17) is 0 Å². The summed E-state index contributed by atoms with van der Waals surface area (Å²) in [6, 6.07) is 16.2. The Morgan fingerprint density at radius 2 is 1.56 bits per heavy atom. The third-order valence-corrected chi connectivity index (χ3v) is 2.83. The molecule has 0 aliphatic heterocycles. The summed E-state index contributed by atoms with van der Waals surface area (Å²) in [7, 11) is 0. The van der Waals surface area contributed by atoms with E-state index in [2.05, 4.69) is 5.32 Å². The van der Waals surface area contributed by atoms with Crippen LogP contribution in [0.3, 0.4) is 0 Å². The van der Waals surface area contributed by atoms with E-state index in [0.29, 0.717) is 5.69 Å². The predicted octanol–water partition coefficient (Wildman–Crippen LogP) is 2.67. The predicted molar refractivity (Wildman–Crippen MR) is 63.4 cm³/mol. The first-order chi connectivity index (χ1) is 7.77. The van der Waals surface area contributed by atoms with Crippen molar-refractivity contribution in [3.05, 3.63) is 54.6 Å². The molecule has 0 aliphatic carbocycles. The molecule has 0 heterocycles. The third kappa shape index (κ3) is 2.48. The third-order valence-electron chi connectivity index (χ3n) is 2.12. The number of rotatable bonds is 3. The average Bonchev–Trinajstić information content (AvgIpc) is 2.31. The summed E-state index contributed by atoms with van der Waals surface area (Å²) in [6.07, 6.45) is 0. The maximum atomic E-state index is 11.0. The van der Waals surface area contributed by atoms with Gasteiger partial charge in [0.25, 0.3) is 0 Å². The smallest absolute Gasteiger partial charge is 0.0536 e. The number of anilines is 2. The zero-order chi connectivity index (χ0) is 11.4. The first-order valence-corrected chi connectivity index (χ1v) is 5.85. The maximum Gasteiger partial charge on any atom is 0.0536 e. The maximum absolute atomic E-state index is 11.0. The highest BCUT2D eigenvalue weighted by Crippen LogP contribution is 2.22. The normalized spacial score (nSPS) is 12.1. The highest BCUT2D eigenvalue weighted by atomic mass is 32.2. The molecule has 0 radical (unpaired) electrons. The van der Waals surface area contributed by atoms with E-state index in [-0.39, 0.29) is 4.90 Å². The Bertz CT molecular complexity index is 499. The van der Waals surface area contributed by atoms with Gasteiger partial charge in [-0.3, -0.25) is 4.21 Å². The van der Waals surface area contributed by atoms with Gasteiger partial charge in [-0.05, 0) is 35.3 Å². The lowest BCUT2D eigenvalue weighted by Crippen LogP contribution is -1.97. The van der Waals surface area contributed by atoms with Gasteiger partial charge >= 0.3 is 0 Å². The van der Waals surface area contributed by atoms with E-state index in [1.54, 1.807) is 24.3 Å². The summed E-state index contributed by atoms with van der Waals surface area (Å²) < 4.78 is 21.9. The second-order valence-electron chi connectivity index (χ2n) is 3.22. The van der Waals surface area contributed by atoms with Gasteiger partial charge in [0.1, 0.15) is 0 Å². The van der Waals surface area contributed by atoms with Gasteiger partial charge in [0.05, 0.1) is 5.69 Å². The van der Waals surface area contributed by atoms with Crippen molar-refractivity contribution in [1.82, 2.24) is 0 Å². The number of hydrogen-bond donors (Lipinski definition) is 1. The minimum atomic E-state index is -2.23. The van der Waals surface area contributed by atoms with Crippen LogP contribution in [0.25, 0.3) is 0 Å². The molecular weight excluding hydrogens is 222 g/mol. The minimum absolute atomic E-state index is 0.270. The molecule has 3 nitrogen and oxygen atoms in total. The van der Waals surface area contributed by atoms with Gasteiger partial charge < -0.3 is 9.87 Å². The molecule has 1 N–H and O–H groups in total. The van der Waals surface area contributed by atoms with Gasteiger partial charge in [0, 0.05) is 10.6 Å². The quantitative estimate of drug-likeness (QED) is 0.828. The van der Waals surface area contributed by atoms with Crippen molar-refractivity contribution < 1.29 is 8.76 Å². The van der Waals surface area contributed by atoms with E-state index in [1.165, 1.54) is 0 Å². The van der Waals surface area contributed by atoms with E-state index >= 15 is 0 Å². The molecule has 4 heteroatoms. The Hall–Kier alpha value is -1.65. The fourth-order valence-electron chi connectivity index (χ4n) is 1.39. The molecule has 0 saturated heterocycles. The van der Waals surface area contributed by atoms with Crippen LogP contribution in [0.15, 0.2) is 59.5 Å². The molecule has 0 saturated carbocycles. The van der Waals surface area contributed by atoms with Crippen LogP contribution in [0.2, 0.25) is 0 Å². The summed E-state index contributed by atoms with van der Waals surface area (Å²) >= 11 is -2.23. The molecular formula is C12H10NO2S-. The van der Waals surface area contributed by atoms with Crippen molar-refractivity contribution in [3.63, 3.8) is 0 Å². The zero-order valence-electron chi connectivity index (χ0n) is 8.42. The topological polar surface area (TPSA) is 52.2 Å². The molecule has 0 amide bonds. The summed E-state index contributed by atoms with van der Waals surface area (Å²) in [4.78, 5) is 0.270. The van der Waals surface area contributed by atoms with Crippen LogP contribution >= 0.6 is 0 Å². The molecule has 1 unspecified atom stereocenters. The van der Waals surface area contributed by atoms with Gasteiger partial charge in [0.15, 0.2) is 0 Å². The van der Waals surface area contributed by atoms with Crippen molar-refractivity contribution in [2.75, 3.05) is 5.32 Å². The summed E-state index contributed by atoms with van der Waals surface area (Å²) in [5, 5.41) is 3.06. The fraction of sp³-hybridized carbons (Fsp3) is 0. The molecule has 0 aromatic heterocycles. The average molecular weight is 232 g/mol. The van der Waals surface area contributed by atoms with E-state index in [1.807, 2.05) is 30.3 Å². The Morgan fingerprint density at radius 1 is 0.938 bits per heavy atom. The number of para-hydroxylation sites is 2. The van der Waals surface area contributed by atoms with Gasteiger partial charge in [-0.15, -0.1) is 0 Å². The zero-order valence-corrected chi connectivity index (χ0v) is 9.24. The first kappa shape index (κ1) is 10.9. The van der Waals surface area contributed by atoms with Crippen molar-refractivity contribution in [3.8, 4) is 0 Å². The monoisotopic (exact) mass is 232 g/mol. The standard InChI is InChI=1S/C12H11NO2S/c14-16(15)12-9-5-4-8-11(12)13-10-6-2-1-3-7-10/h1-9,13H,(H,14,15)/p-1. The molecule has 2 aromatic rings. The minimum Gasteiger partial charge on any atom is -0.768 e. The van der Waals surface area contributed by atoms with Gasteiger partial charge in [-0.2, -0.15) is 0 Å². The number of hydrogen-bond acceptors (Lipinski definition) is 3. The Labute approximate surface area is 96.4 Å². The number of benzene rings is 2. The Kier molecular flexibility index (Phi) is 3.34. The SMILES string of the molecule is O=S([O-])c1ccccc1Nc1ccccc1. The van der Waals surface area contributed by atoms with Gasteiger partial charge in [0.2, 0.25) is 0 Å². The first-order valence-electron chi connectivity index (χ1n) is 4.78. The lowest BCUT2D eigenvalue weighted by Gasteiger charge is -2.13. The lowest BCUT2D eigenvalue weighted by molar-refractivity contribution is 0.537. The molecule has 2 rings (SSSR count). The molecule has 1 atom stereocenters. The van der Waals surface area contributed by atoms with Gasteiger partial charge in [-0.25, -0.2) is 0 Å². The second-order valence-corrected chi connectivity index (χ2v) is 4.13. The van der Waals surface area contributed by atoms with Crippen LogP contribution in [0.5, 0.6) is 0 Å². The summed E-state index contributed by atoms with van der Waals surface area (Å²) in [5.41, 5.74) is 1.45. The molecule has 82 valence electrons. The molecule has 0 spiro atoms. The van der Waals surface area contributed by atoms with Crippen LogP contribution in [0.1, 0.15) is 0 Å². The van der Waals surface area contributed by atoms with Crippen molar-refractivity contribution in [2.24, 2.45) is 0 Å². The molecule has 0 fully saturated rings. The van der Waals surface area contributed by atoms with Crippen molar-refractivity contribution in [2.45, 2.75) is 4.90 Å². The Morgan fingerprint density at radius 3 is 2.25 bits per heavy atom. The highest BCUT2D eigenvalue weighted by Gasteiger charge is 2.01. The van der Waals surface area contributed by atoms with Gasteiger partial charge in [-0.1, -0.05) is 30.3 Å². The van der Waals surface area contributed by atoms with E-state index in [9.17, 15) is 8.76 Å². The second kappa shape index (κ2) is 4.92. The van der Waals surface area contributed by atoms with Crippen LogP contribution in [-0.2, 0) is 11.1 Å². The summed E-state index contributed by atoms with van der Waals surface area (Å²) in [6.45, 7) is 0. The number of nitrogens with one attached hydrogen (secondary N) is 1. The fourth-order valence-corrected chi connectivity index (χ4v) is 1.88. The van der Waals surface area contributed by atoms with Crippen LogP contribution in [0.4, 0.5) is 11.4 Å². The van der Waals surface area contributed by atoms with Crippen molar-refractivity contribution >= 4 is 22.5 Å². The molecule has 0 bridgehead atoms. The van der Waals surface area contributed by atoms with Crippen LogP contribution in [0, 0.1) is 0 Å². The highest BCUT2D eigenvalue weighted by molar-refractivity contribution is 7.79. The Balaban J connectivity index is 2.31. The van der Waals surface area contributed by atoms with E-state index < -0.39 is 11.1 Å². The van der Waals surface area contributed by atoms with E-state index in [0.717, 1.165) is 5.69 Å². The van der Waals surface area contributed by atoms with Crippen molar-refractivity contribution in [1.29, 1.82) is 0 Å². The lowest BCUT2D eigenvalue weighted by atomic mass is 10.3. The molecule has 0 aliphatic rings. The molecule has 2 aromatic carbocycles. The largest absolute Gasteiger partial charge is 0.768 e. The van der Waals surface area contributed by atoms with Crippen LogP contribution in [-0.4, -0.2) is 8.76 Å². The van der Waals surface area contributed by atoms with Crippen LogP contribution < -0.4 is 5.32 Å². The summed E-state index contributed by atoms with van der Waals surface area (Å²) in [5.74, 6) is 0.